The molecule has 3 atom stereocenters. The molecule has 1 aliphatic heterocycles. The smallest absolute Gasteiger partial charge is 0.266 e. The monoisotopic (exact) mass is 343 g/mol. The molecule has 134 valence electrons. The molecule has 2 heterocycles. The molecular weight excluding hydrogens is 318 g/mol. The molecule has 0 amide bonds. The quantitative estimate of drug-likeness (QED) is 0.888. The molecule has 2 aromatic rings. The molecule has 25 heavy (non-hydrogen) atoms. The Balaban J connectivity index is 1.68. The van der Waals surface area contributed by atoms with E-state index in [-0.39, 0.29) is 24.3 Å². The number of aliphatic hydroxyl groups excluding tert-OH is 1. The van der Waals surface area contributed by atoms with E-state index in [1.165, 1.54) is 10.7 Å². The molecule has 1 aromatic carbocycles. The van der Waals surface area contributed by atoms with E-state index in [1.54, 1.807) is 6.07 Å². The third kappa shape index (κ3) is 4.75. The van der Waals surface area contributed by atoms with Gasteiger partial charge in [0, 0.05) is 31.3 Å². The summed E-state index contributed by atoms with van der Waals surface area (Å²) >= 11 is 0. The molecule has 1 N–H and O–H groups in total. The molecular formula is C19H25N3O3. The van der Waals surface area contributed by atoms with Gasteiger partial charge in [-0.25, -0.2) is 4.68 Å². The Labute approximate surface area is 147 Å². The van der Waals surface area contributed by atoms with Crippen molar-refractivity contribution in [2.24, 2.45) is 0 Å². The summed E-state index contributed by atoms with van der Waals surface area (Å²) in [6.07, 6.45) is -0.356. The van der Waals surface area contributed by atoms with Gasteiger partial charge in [-0.3, -0.25) is 9.69 Å². The molecule has 0 aliphatic carbocycles. The van der Waals surface area contributed by atoms with Gasteiger partial charge in [0.15, 0.2) is 0 Å². The normalized spacial score (nSPS) is 22.7. The number of ether oxygens (including phenoxy) is 1. The molecule has 0 spiro atoms. The number of benzene rings is 1. The topological polar surface area (TPSA) is 67.6 Å². The third-order valence-corrected chi connectivity index (χ3v) is 4.28. The van der Waals surface area contributed by atoms with Crippen molar-refractivity contribution in [1.29, 1.82) is 0 Å². The van der Waals surface area contributed by atoms with Crippen LogP contribution in [0.3, 0.4) is 0 Å². The largest absolute Gasteiger partial charge is 0.390 e. The van der Waals surface area contributed by atoms with E-state index in [1.807, 2.05) is 44.2 Å². The van der Waals surface area contributed by atoms with Gasteiger partial charge >= 0.3 is 0 Å². The Kier molecular flexibility index (Phi) is 5.63. The first-order valence-corrected chi connectivity index (χ1v) is 8.70. The maximum atomic E-state index is 12.1. The lowest BCUT2D eigenvalue weighted by Gasteiger charge is -2.36. The first kappa shape index (κ1) is 17.8. The van der Waals surface area contributed by atoms with Gasteiger partial charge in [0.2, 0.25) is 0 Å². The van der Waals surface area contributed by atoms with Gasteiger partial charge in [0.05, 0.1) is 30.6 Å². The zero-order valence-corrected chi connectivity index (χ0v) is 14.7. The van der Waals surface area contributed by atoms with Crippen molar-refractivity contribution in [3.63, 3.8) is 0 Å². The number of rotatable bonds is 5. The molecule has 1 aromatic heterocycles. The number of aliphatic hydroxyl groups is 1. The van der Waals surface area contributed by atoms with Crippen LogP contribution < -0.4 is 5.56 Å². The van der Waals surface area contributed by atoms with Crippen molar-refractivity contribution in [3.8, 4) is 11.3 Å². The predicted octanol–water partition coefficient (Wildman–Crippen LogP) is 1.38. The van der Waals surface area contributed by atoms with Crippen molar-refractivity contribution in [1.82, 2.24) is 14.7 Å². The molecule has 0 saturated carbocycles. The van der Waals surface area contributed by atoms with Crippen LogP contribution in [-0.4, -0.2) is 57.7 Å². The van der Waals surface area contributed by atoms with E-state index < -0.39 is 6.10 Å². The first-order valence-electron chi connectivity index (χ1n) is 8.70. The highest BCUT2D eigenvalue weighted by atomic mass is 16.5. The third-order valence-electron chi connectivity index (χ3n) is 4.28. The van der Waals surface area contributed by atoms with Crippen LogP contribution in [0.25, 0.3) is 11.3 Å². The minimum absolute atomic E-state index is 0.151. The van der Waals surface area contributed by atoms with Crippen LogP contribution >= 0.6 is 0 Å². The minimum atomic E-state index is -0.659. The molecule has 1 fully saturated rings. The number of morpholine rings is 1. The van der Waals surface area contributed by atoms with E-state index in [0.717, 1.165) is 24.3 Å². The summed E-state index contributed by atoms with van der Waals surface area (Å²) < 4.78 is 7.06. The predicted molar refractivity (Wildman–Crippen MR) is 96.4 cm³/mol. The standard InChI is InChI=1S/C19H25N3O3/c1-14-10-21(11-15(2)25-14)12-17(23)13-22-19(24)9-8-18(20-22)16-6-4-3-5-7-16/h3-9,14-15,17,23H,10-13H2,1-2H3/t14-,15-,17-/m1/s1. The maximum absolute atomic E-state index is 12.1. The maximum Gasteiger partial charge on any atom is 0.266 e. The summed E-state index contributed by atoms with van der Waals surface area (Å²) in [6.45, 7) is 6.32. The Morgan fingerprint density at radius 2 is 1.80 bits per heavy atom. The van der Waals surface area contributed by atoms with Gasteiger partial charge in [-0.1, -0.05) is 30.3 Å². The van der Waals surface area contributed by atoms with Gasteiger partial charge in [-0.05, 0) is 19.9 Å². The SMILES string of the molecule is C[C@@H]1CN(C[C@@H](O)Cn2nc(-c3ccccc3)ccc2=O)C[C@@H](C)O1. The van der Waals surface area contributed by atoms with Crippen LogP contribution in [0.1, 0.15) is 13.8 Å². The number of β-amino-alcohol motifs (C(OH)–C–C–N with tert-alkyl or cyclic N) is 1. The molecule has 1 saturated heterocycles. The molecule has 1 aliphatic rings. The van der Waals surface area contributed by atoms with Gasteiger partial charge in [0.1, 0.15) is 0 Å². The fraction of sp³-hybridized carbons (Fsp3) is 0.474. The highest BCUT2D eigenvalue weighted by Gasteiger charge is 2.24. The van der Waals surface area contributed by atoms with Crippen molar-refractivity contribution in [3.05, 3.63) is 52.8 Å². The van der Waals surface area contributed by atoms with E-state index in [2.05, 4.69) is 10.00 Å². The Morgan fingerprint density at radius 3 is 2.48 bits per heavy atom. The summed E-state index contributed by atoms with van der Waals surface area (Å²) in [6, 6.07) is 12.9. The van der Waals surface area contributed by atoms with Crippen molar-refractivity contribution in [2.45, 2.75) is 38.7 Å². The minimum Gasteiger partial charge on any atom is -0.390 e. The summed E-state index contributed by atoms with van der Waals surface area (Å²) in [7, 11) is 0. The van der Waals surface area contributed by atoms with Gasteiger partial charge in [-0.2, -0.15) is 5.10 Å². The molecule has 6 heteroatoms. The highest BCUT2D eigenvalue weighted by molar-refractivity contribution is 5.57. The second kappa shape index (κ2) is 7.91. The number of hydrogen-bond acceptors (Lipinski definition) is 5. The van der Waals surface area contributed by atoms with E-state index >= 15 is 0 Å². The first-order chi connectivity index (χ1) is 12.0. The zero-order chi connectivity index (χ0) is 17.8. The second-order valence-electron chi connectivity index (χ2n) is 6.73. The van der Waals surface area contributed by atoms with E-state index in [0.29, 0.717) is 6.54 Å². The van der Waals surface area contributed by atoms with E-state index in [9.17, 15) is 9.90 Å². The van der Waals surface area contributed by atoms with Crippen molar-refractivity contribution >= 4 is 0 Å². The van der Waals surface area contributed by atoms with Gasteiger partial charge < -0.3 is 9.84 Å². The summed E-state index contributed by atoms with van der Waals surface area (Å²) in [5.41, 5.74) is 1.46. The summed E-state index contributed by atoms with van der Waals surface area (Å²) in [5.74, 6) is 0. The molecule has 6 nitrogen and oxygen atoms in total. The van der Waals surface area contributed by atoms with Crippen LogP contribution in [0.4, 0.5) is 0 Å². The lowest BCUT2D eigenvalue weighted by molar-refractivity contribution is -0.0774. The van der Waals surface area contributed by atoms with Crippen LogP contribution in [-0.2, 0) is 11.3 Å². The lowest BCUT2D eigenvalue weighted by atomic mass is 10.1. The van der Waals surface area contributed by atoms with Crippen molar-refractivity contribution < 1.29 is 9.84 Å². The number of nitrogens with zero attached hydrogens (tertiary/aromatic N) is 3. The highest BCUT2D eigenvalue weighted by Crippen LogP contribution is 2.14. The Morgan fingerprint density at radius 1 is 1.12 bits per heavy atom. The van der Waals surface area contributed by atoms with Crippen molar-refractivity contribution in [2.75, 3.05) is 19.6 Å². The Bertz CT molecular complexity index is 737. The molecule has 0 radical (unpaired) electrons. The molecule has 0 unspecified atom stereocenters. The fourth-order valence-corrected chi connectivity index (χ4v) is 3.33. The number of hydrogen-bond donors (Lipinski definition) is 1. The van der Waals surface area contributed by atoms with Crippen LogP contribution in [0.5, 0.6) is 0 Å². The average molecular weight is 343 g/mol. The second-order valence-corrected chi connectivity index (χ2v) is 6.73. The summed E-state index contributed by atoms with van der Waals surface area (Å²) in [5, 5.41) is 14.8. The van der Waals surface area contributed by atoms with Gasteiger partial charge in [-0.15, -0.1) is 0 Å². The summed E-state index contributed by atoms with van der Waals surface area (Å²) in [4.78, 5) is 14.3. The lowest BCUT2D eigenvalue weighted by Crippen LogP contribution is -2.48. The van der Waals surface area contributed by atoms with Crippen LogP contribution in [0.2, 0.25) is 0 Å². The Hall–Kier alpha value is -2.02. The fourth-order valence-electron chi connectivity index (χ4n) is 3.33. The molecule has 3 rings (SSSR count). The van der Waals surface area contributed by atoms with Gasteiger partial charge in [0.25, 0.3) is 5.56 Å². The number of aromatic nitrogens is 2. The average Bonchev–Trinajstić information content (AvgIpc) is 2.56. The van der Waals surface area contributed by atoms with E-state index in [4.69, 9.17) is 4.74 Å². The zero-order valence-electron chi connectivity index (χ0n) is 14.7. The molecule has 0 bridgehead atoms. The van der Waals surface area contributed by atoms with Crippen LogP contribution in [0, 0.1) is 0 Å². The van der Waals surface area contributed by atoms with Crippen LogP contribution in [0.15, 0.2) is 47.3 Å².